The summed E-state index contributed by atoms with van der Waals surface area (Å²) < 4.78 is 3.35. The number of carbonyl (C=O) groups excluding carboxylic acids is 1. The lowest BCUT2D eigenvalue weighted by Crippen LogP contribution is -2.23. The molecule has 0 radical (unpaired) electrons. The Morgan fingerprint density at radius 1 is 1.32 bits per heavy atom. The van der Waals surface area contributed by atoms with Crippen LogP contribution in [0.5, 0.6) is 0 Å². The Balaban J connectivity index is 0.00000225. The summed E-state index contributed by atoms with van der Waals surface area (Å²) in [6.07, 6.45) is 2.43. The zero-order chi connectivity index (χ0) is 17.1. The topological polar surface area (TPSA) is 68.1 Å². The van der Waals surface area contributed by atoms with E-state index in [9.17, 15) is 9.59 Å². The zero-order valence-corrected chi connectivity index (χ0v) is 15.4. The van der Waals surface area contributed by atoms with Crippen LogP contribution >= 0.6 is 12.4 Å². The molecule has 2 heterocycles. The molecule has 2 N–H and O–H groups in total. The maximum absolute atomic E-state index is 12.7. The molecule has 0 saturated carbocycles. The number of hydrogen-bond donors (Lipinski definition) is 2. The van der Waals surface area contributed by atoms with Gasteiger partial charge in [0.15, 0.2) is 0 Å². The summed E-state index contributed by atoms with van der Waals surface area (Å²) in [6.45, 7) is 3.86. The fourth-order valence-electron chi connectivity index (χ4n) is 3.21. The third kappa shape index (κ3) is 4.14. The van der Waals surface area contributed by atoms with Crippen LogP contribution in [0.1, 0.15) is 25.0 Å². The number of hydrogen-bond acceptors (Lipinski definition) is 3. The number of anilines is 1. The lowest BCUT2D eigenvalue weighted by Gasteiger charge is -2.08. The molecule has 1 aromatic heterocycles. The Hall–Kier alpha value is -2.05. The highest BCUT2D eigenvalue weighted by molar-refractivity contribution is 5.91. The van der Waals surface area contributed by atoms with Crippen LogP contribution in [0, 0.1) is 12.8 Å². The van der Waals surface area contributed by atoms with Crippen molar-refractivity contribution in [3.05, 3.63) is 46.4 Å². The molecule has 25 heavy (non-hydrogen) atoms. The lowest BCUT2D eigenvalue weighted by atomic mass is 10.0. The molecule has 7 heteroatoms. The lowest BCUT2D eigenvalue weighted by molar-refractivity contribution is -0.116. The number of halogens is 1. The van der Waals surface area contributed by atoms with Crippen molar-refractivity contribution >= 4 is 24.0 Å². The average Bonchev–Trinajstić information content (AvgIpc) is 3.17. The quantitative estimate of drug-likeness (QED) is 0.854. The molecule has 1 amide bonds. The number of rotatable bonds is 5. The highest BCUT2D eigenvalue weighted by Crippen LogP contribution is 2.17. The van der Waals surface area contributed by atoms with Crippen molar-refractivity contribution in [1.29, 1.82) is 0 Å². The molecule has 1 saturated heterocycles. The van der Waals surface area contributed by atoms with Crippen LogP contribution in [-0.4, -0.2) is 28.4 Å². The second kappa shape index (κ2) is 8.36. The van der Waals surface area contributed by atoms with Gasteiger partial charge >= 0.3 is 0 Å². The molecule has 0 bridgehead atoms. The van der Waals surface area contributed by atoms with Gasteiger partial charge in [-0.2, -0.15) is 0 Å². The van der Waals surface area contributed by atoms with Crippen molar-refractivity contribution in [1.82, 2.24) is 14.7 Å². The van der Waals surface area contributed by atoms with E-state index in [1.54, 1.807) is 9.36 Å². The number of amides is 1. The molecule has 0 aliphatic carbocycles. The maximum Gasteiger partial charge on any atom is 0.295 e. The summed E-state index contributed by atoms with van der Waals surface area (Å²) >= 11 is 0. The molecule has 0 spiro atoms. The summed E-state index contributed by atoms with van der Waals surface area (Å²) in [5.74, 6) is 0.474. The van der Waals surface area contributed by atoms with Gasteiger partial charge in [-0.05, 0) is 50.9 Å². The number of nitrogens with zero attached hydrogens (tertiary/aromatic N) is 2. The summed E-state index contributed by atoms with van der Waals surface area (Å²) in [7, 11) is 1.82. The Kier molecular flexibility index (Phi) is 6.45. The molecule has 136 valence electrons. The number of para-hydroxylation sites is 1. The van der Waals surface area contributed by atoms with E-state index in [1.807, 2.05) is 44.3 Å². The third-order valence-corrected chi connectivity index (χ3v) is 4.76. The van der Waals surface area contributed by atoms with E-state index < -0.39 is 0 Å². The predicted octanol–water partition coefficient (Wildman–Crippen LogP) is 2.23. The van der Waals surface area contributed by atoms with Gasteiger partial charge < -0.3 is 10.6 Å². The van der Waals surface area contributed by atoms with Crippen molar-refractivity contribution < 1.29 is 4.79 Å². The molecule has 1 aliphatic heterocycles. The maximum atomic E-state index is 12.7. The first-order valence-corrected chi connectivity index (χ1v) is 8.42. The first kappa shape index (κ1) is 19.3. The van der Waals surface area contributed by atoms with Gasteiger partial charge in [-0.1, -0.05) is 18.2 Å². The van der Waals surface area contributed by atoms with Crippen molar-refractivity contribution in [3.8, 4) is 5.69 Å². The Morgan fingerprint density at radius 2 is 2.04 bits per heavy atom. The number of carbonyl (C=O) groups is 1. The van der Waals surface area contributed by atoms with Gasteiger partial charge in [0.25, 0.3) is 5.56 Å². The van der Waals surface area contributed by atoms with Crippen molar-refractivity contribution in [2.24, 2.45) is 13.0 Å². The van der Waals surface area contributed by atoms with Gasteiger partial charge in [0.2, 0.25) is 5.91 Å². The summed E-state index contributed by atoms with van der Waals surface area (Å²) in [5.41, 5.74) is 1.71. The highest BCUT2D eigenvalue weighted by atomic mass is 35.5. The van der Waals surface area contributed by atoms with Crippen molar-refractivity contribution in [2.75, 3.05) is 18.4 Å². The molecule has 1 aromatic carbocycles. The molecular weight excluding hydrogens is 340 g/mol. The highest BCUT2D eigenvalue weighted by Gasteiger charge is 2.19. The van der Waals surface area contributed by atoms with Crippen LogP contribution in [0.4, 0.5) is 5.69 Å². The van der Waals surface area contributed by atoms with Gasteiger partial charge in [-0.25, -0.2) is 4.68 Å². The summed E-state index contributed by atoms with van der Waals surface area (Å²) in [6, 6.07) is 9.43. The number of nitrogens with one attached hydrogen (secondary N) is 2. The van der Waals surface area contributed by atoms with E-state index in [4.69, 9.17) is 0 Å². The molecular formula is C18H25ClN4O2. The molecule has 1 aliphatic rings. The fraction of sp³-hybridized carbons (Fsp3) is 0.444. The van der Waals surface area contributed by atoms with E-state index in [0.717, 1.165) is 37.3 Å². The monoisotopic (exact) mass is 364 g/mol. The normalized spacial score (nSPS) is 16.5. The minimum atomic E-state index is -0.197. The Labute approximate surface area is 153 Å². The minimum Gasteiger partial charge on any atom is -0.320 e. The van der Waals surface area contributed by atoms with Crippen LogP contribution in [0.2, 0.25) is 0 Å². The van der Waals surface area contributed by atoms with Gasteiger partial charge in [0.1, 0.15) is 5.69 Å². The SMILES string of the molecule is Cc1c(NC(=O)CCC2CCNC2)c(=O)n(-c2ccccc2)n1C.Cl. The predicted molar refractivity (Wildman–Crippen MR) is 102 cm³/mol. The zero-order valence-electron chi connectivity index (χ0n) is 14.6. The van der Waals surface area contributed by atoms with E-state index in [-0.39, 0.29) is 23.9 Å². The Bertz CT molecular complexity index is 776. The van der Waals surface area contributed by atoms with Gasteiger partial charge in [0.05, 0.1) is 11.4 Å². The molecule has 6 nitrogen and oxygen atoms in total. The third-order valence-electron chi connectivity index (χ3n) is 4.76. The first-order chi connectivity index (χ1) is 11.6. The van der Waals surface area contributed by atoms with Crippen molar-refractivity contribution in [2.45, 2.75) is 26.2 Å². The Morgan fingerprint density at radius 3 is 2.68 bits per heavy atom. The largest absolute Gasteiger partial charge is 0.320 e. The second-order valence-electron chi connectivity index (χ2n) is 6.38. The average molecular weight is 365 g/mol. The first-order valence-electron chi connectivity index (χ1n) is 8.42. The van der Waals surface area contributed by atoms with E-state index in [1.165, 1.54) is 0 Å². The summed E-state index contributed by atoms with van der Waals surface area (Å²) in [4.78, 5) is 25.0. The van der Waals surface area contributed by atoms with E-state index >= 15 is 0 Å². The standard InChI is InChI=1S/C18H24N4O2.ClH/c1-13-17(20-16(23)9-8-14-10-11-19-12-14)18(24)22(21(13)2)15-6-4-3-5-7-15;/h3-7,14,19H,8-12H2,1-2H3,(H,20,23);1H. The molecule has 2 aromatic rings. The minimum absolute atomic E-state index is 0. The van der Waals surface area contributed by atoms with Crippen LogP contribution in [0.15, 0.2) is 35.1 Å². The van der Waals surface area contributed by atoms with Gasteiger partial charge in [0, 0.05) is 13.5 Å². The fourth-order valence-corrected chi connectivity index (χ4v) is 3.21. The van der Waals surface area contributed by atoms with Gasteiger partial charge in [-0.15, -0.1) is 12.4 Å². The molecule has 1 fully saturated rings. The molecule has 1 unspecified atom stereocenters. The molecule has 3 rings (SSSR count). The number of aromatic nitrogens is 2. The summed E-state index contributed by atoms with van der Waals surface area (Å²) in [5, 5.41) is 6.12. The van der Waals surface area contributed by atoms with Crippen LogP contribution < -0.4 is 16.2 Å². The van der Waals surface area contributed by atoms with Crippen molar-refractivity contribution in [3.63, 3.8) is 0 Å². The van der Waals surface area contributed by atoms with Crippen LogP contribution in [-0.2, 0) is 11.8 Å². The van der Waals surface area contributed by atoms with E-state index in [2.05, 4.69) is 10.6 Å². The van der Waals surface area contributed by atoms with Crippen LogP contribution in [0.25, 0.3) is 5.69 Å². The van der Waals surface area contributed by atoms with Crippen LogP contribution in [0.3, 0.4) is 0 Å². The molecule has 1 atom stereocenters. The number of benzene rings is 1. The second-order valence-corrected chi connectivity index (χ2v) is 6.38. The smallest absolute Gasteiger partial charge is 0.295 e. The van der Waals surface area contributed by atoms with Gasteiger partial charge in [-0.3, -0.25) is 14.3 Å². The van der Waals surface area contributed by atoms with E-state index in [0.29, 0.717) is 18.0 Å².